The maximum Gasteiger partial charge on any atom is 0.292 e. The van der Waals surface area contributed by atoms with E-state index in [-0.39, 0.29) is 16.4 Å². The van der Waals surface area contributed by atoms with E-state index in [0.29, 0.717) is 62.1 Å². The largest absolute Gasteiger partial charge is 0.490 e. The summed E-state index contributed by atoms with van der Waals surface area (Å²) in [5.41, 5.74) is 0.713. The number of sulfonamides is 1. The number of halogens is 1. The number of nitrogens with zero attached hydrogens (tertiary/aromatic N) is 3. The van der Waals surface area contributed by atoms with Crippen molar-refractivity contribution >= 4 is 27.3 Å². The van der Waals surface area contributed by atoms with E-state index in [1.807, 2.05) is 0 Å². The van der Waals surface area contributed by atoms with Crippen LogP contribution in [0.4, 0.5) is 5.69 Å². The van der Waals surface area contributed by atoms with Crippen molar-refractivity contribution in [2.75, 3.05) is 38.2 Å². The molecule has 1 saturated carbocycles. The first kappa shape index (κ1) is 24.5. The van der Waals surface area contributed by atoms with E-state index >= 15 is 0 Å². The third-order valence-electron chi connectivity index (χ3n) is 6.85. The van der Waals surface area contributed by atoms with Gasteiger partial charge in [0, 0.05) is 26.2 Å². The minimum atomic E-state index is -3.12. The Morgan fingerprint density at radius 1 is 1.11 bits per heavy atom. The van der Waals surface area contributed by atoms with Gasteiger partial charge in [-0.1, -0.05) is 11.6 Å². The number of benzene rings is 1. The summed E-state index contributed by atoms with van der Waals surface area (Å²) in [6.45, 7) is 3.19. The maximum absolute atomic E-state index is 12.8. The zero-order chi connectivity index (χ0) is 24.4. The van der Waals surface area contributed by atoms with Gasteiger partial charge in [-0.25, -0.2) is 12.7 Å². The lowest BCUT2D eigenvalue weighted by atomic mass is 10.0. The molecule has 3 fully saturated rings. The van der Waals surface area contributed by atoms with Crippen LogP contribution in [0, 0.1) is 5.92 Å². The first-order valence-electron chi connectivity index (χ1n) is 12.3. The second-order valence-electron chi connectivity index (χ2n) is 9.51. The second-order valence-corrected chi connectivity index (χ2v) is 12.1. The number of piperidine rings is 1. The van der Waals surface area contributed by atoms with E-state index in [4.69, 9.17) is 21.1 Å². The fraction of sp³-hybridized carbons (Fsp3) is 0.583. The Morgan fingerprint density at radius 3 is 2.51 bits per heavy atom. The Labute approximate surface area is 210 Å². The highest BCUT2D eigenvalue weighted by atomic mass is 35.5. The van der Waals surface area contributed by atoms with E-state index in [0.717, 1.165) is 32.3 Å². The molecule has 2 aliphatic heterocycles. The van der Waals surface area contributed by atoms with Crippen molar-refractivity contribution in [1.82, 2.24) is 14.1 Å². The zero-order valence-electron chi connectivity index (χ0n) is 19.6. The molecule has 35 heavy (non-hydrogen) atoms. The van der Waals surface area contributed by atoms with Crippen LogP contribution in [-0.4, -0.2) is 66.7 Å². The predicted octanol–water partition coefficient (Wildman–Crippen LogP) is 3.06. The molecule has 1 aromatic carbocycles. The van der Waals surface area contributed by atoms with Gasteiger partial charge in [0.1, 0.15) is 16.9 Å². The number of aromatic nitrogens is 2. The minimum Gasteiger partial charge on any atom is -0.490 e. The monoisotopic (exact) mass is 522 g/mol. The summed E-state index contributed by atoms with van der Waals surface area (Å²) in [6, 6.07) is 7.11. The van der Waals surface area contributed by atoms with E-state index < -0.39 is 15.6 Å². The fourth-order valence-electron chi connectivity index (χ4n) is 4.60. The molecule has 9 nitrogen and oxygen atoms in total. The molecule has 1 N–H and O–H groups in total. The number of hydrogen-bond acceptors (Lipinski definition) is 7. The Morgan fingerprint density at radius 2 is 1.86 bits per heavy atom. The van der Waals surface area contributed by atoms with Crippen LogP contribution in [-0.2, 0) is 14.8 Å². The Kier molecular flexibility index (Phi) is 7.34. The summed E-state index contributed by atoms with van der Waals surface area (Å²) in [5.74, 6) is 1.06. The topological polar surface area (TPSA) is 103 Å². The van der Waals surface area contributed by atoms with Crippen molar-refractivity contribution < 1.29 is 17.9 Å². The summed E-state index contributed by atoms with van der Waals surface area (Å²) in [7, 11) is -3.12. The Bertz CT molecular complexity index is 1190. The summed E-state index contributed by atoms with van der Waals surface area (Å²) < 4.78 is 39.2. The highest BCUT2D eigenvalue weighted by molar-refractivity contribution is 7.90. The normalized spacial score (nSPS) is 22.1. The first-order chi connectivity index (χ1) is 16.9. The van der Waals surface area contributed by atoms with Crippen molar-refractivity contribution in [2.45, 2.75) is 49.9 Å². The molecule has 190 valence electrons. The lowest BCUT2D eigenvalue weighted by Crippen LogP contribution is -2.43. The molecule has 1 aromatic heterocycles. The number of ether oxygens (including phenoxy) is 2. The fourth-order valence-corrected chi connectivity index (χ4v) is 6.67. The molecule has 3 heterocycles. The van der Waals surface area contributed by atoms with Crippen LogP contribution in [0.15, 0.2) is 35.3 Å². The average Bonchev–Trinajstić information content (AvgIpc) is 3.73. The molecular formula is C24H31ClN4O5S. The van der Waals surface area contributed by atoms with Crippen LogP contribution in [0.2, 0.25) is 5.02 Å². The molecule has 0 unspecified atom stereocenters. The molecular weight excluding hydrogens is 492 g/mol. The highest BCUT2D eigenvalue weighted by Crippen LogP contribution is 2.33. The van der Waals surface area contributed by atoms with Gasteiger partial charge in [0.2, 0.25) is 10.0 Å². The zero-order valence-corrected chi connectivity index (χ0v) is 21.1. The van der Waals surface area contributed by atoms with E-state index in [9.17, 15) is 13.2 Å². The van der Waals surface area contributed by atoms with Crippen LogP contribution in [0.25, 0.3) is 5.69 Å². The van der Waals surface area contributed by atoms with Gasteiger partial charge in [0.15, 0.2) is 0 Å². The van der Waals surface area contributed by atoms with Crippen LogP contribution < -0.4 is 15.6 Å². The SMILES string of the molecule is O=c1c(Cl)c(NC[C@@H]2CCCOC2)cnn1-c1ccc(OC2CCN(S(=O)(=O)C3CC3)CC2)cc1. The average molecular weight is 523 g/mol. The number of hydrogen-bond donors (Lipinski definition) is 1. The second kappa shape index (κ2) is 10.5. The molecule has 5 rings (SSSR count). The molecule has 1 atom stereocenters. The standard InChI is InChI=1S/C24H31ClN4O5S/c25-23-22(26-14-17-2-1-13-33-16-17)15-27-29(24(23)30)18-3-5-19(6-4-18)34-20-9-11-28(12-10-20)35(31,32)21-7-8-21/h3-6,15,17,20-21,26H,1-2,7-14,16H2/t17-/m0/s1. The molecule has 0 bridgehead atoms. The number of nitrogens with one attached hydrogen (secondary N) is 1. The van der Waals surface area contributed by atoms with Crippen LogP contribution in [0.5, 0.6) is 5.75 Å². The molecule has 0 amide bonds. The first-order valence-corrected chi connectivity index (χ1v) is 14.2. The lowest BCUT2D eigenvalue weighted by Gasteiger charge is -2.31. The van der Waals surface area contributed by atoms with Gasteiger partial charge in [-0.15, -0.1) is 0 Å². The molecule has 0 spiro atoms. The van der Waals surface area contributed by atoms with Gasteiger partial charge in [-0.3, -0.25) is 4.79 Å². The Balaban J connectivity index is 1.18. The van der Waals surface area contributed by atoms with Crippen molar-refractivity contribution in [2.24, 2.45) is 5.92 Å². The quantitative estimate of drug-likeness (QED) is 0.568. The van der Waals surface area contributed by atoms with Crippen molar-refractivity contribution in [3.05, 3.63) is 45.8 Å². The smallest absolute Gasteiger partial charge is 0.292 e. The molecule has 11 heteroatoms. The summed E-state index contributed by atoms with van der Waals surface area (Å²) in [4.78, 5) is 12.8. The van der Waals surface area contributed by atoms with Gasteiger partial charge in [0.05, 0.1) is 29.4 Å². The van der Waals surface area contributed by atoms with Gasteiger partial charge >= 0.3 is 0 Å². The van der Waals surface area contributed by atoms with Gasteiger partial charge in [-0.2, -0.15) is 9.78 Å². The Hall–Kier alpha value is -2.14. The van der Waals surface area contributed by atoms with Crippen molar-refractivity contribution in [3.63, 3.8) is 0 Å². The third-order valence-corrected chi connectivity index (χ3v) is 9.61. The van der Waals surface area contributed by atoms with E-state index in [1.54, 1.807) is 34.8 Å². The summed E-state index contributed by atoms with van der Waals surface area (Å²) in [5, 5.41) is 7.45. The van der Waals surface area contributed by atoms with Crippen LogP contribution >= 0.6 is 11.6 Å². The van der Waals surface area contributed by atoms with Crippen LogP contribution in [0.3, 0.4) is 0 Å². The van der Waals surface area contributed by atoms with E-state index in [2.05, 4.69) is 10.4 Å². The van der Waals surface area contributed by atoms with Crippen LogP contribution in [0.1, 0.15) is 38.5 Å². The molecule has 2 aromatic rings. The predicted molar refractivity (Wildman–Crippen MR) is 134 cm³/mol. The number of rotatable bonds is 8. The summed E-state index contributed by atoms with van der Waals surface area (Å²) in [6.07, 6.45) is 6.54. The number of anilines is 1. The third kappa shape index (κ3) is 5.66. The molecule has 3 aliphatic rings. The van der Waals surface area contributed by atoms with Crippen molar-refractivity contribution in [3.8, 4) is 11.4 Å². The van der Waals surface area contributed by atoms with Gasteiger partial charge < -0.3 is 14.8 Å². The van der Waals surface area contributed by atoms with Gasteiger partial charge in [0.25, 0.3) is 5.56 Å². The maximum atomic E-state index is 12.8. The minimum absolute atomic E-state index is 0.0401. The van der Waals surface area contributed by atoms with Gasteiger partial charge in [-0.05, 0) is 68.7 Å². The van der Waals surface area contributed by atoms with Crippen molar-refractivity contribution in [1.29, 1.82) is 0 Å². The molecule has 2 saturated heterocycles. The molecule has 0 radical (unpaired) electrons. The summed E-state index contributed by atoms with van der Waals surface area (Å²) >= 11 is 6.35. The lowest BCUT2D eigenvalue weighted by molar-refractivity contribution is 0.0595. The van der Waals surface area contributed by atoms with E-state index in [1.165, 1.54) is 4.68 Å². The molecule has 1 aliphatic carbocycles. The highest BCUT2D eigenvalue weighted by Gasteiger charge is 2.41.